The van der Waals surface area contributed by atoms with Crippen LogP contribution in [-0.4, -0.2) is 83.0 Å². The van der Waals surface area contributed by atoms with E-state index in [0.29, 0.717) is 36.2 Å². The second kappa shape index (κ2) is 10.9. The van der Waals surface area contributed by atoms with Crippen LogP contribution in [-0.2, 0) is 4.74 Å². The number of carbonyl (C=O) groups is 2. The molecular formula is C26H33BrN6O5. The highest BCUT2D eigenvalue weighted by Gasteiger charge is 2.43. The van der Waals surface area contributed by atoms with E-state index >= 15 is 0 Å². The first kappa shape index (κ1) is 27.8. The molecule has 1 aromatic carbocycles. The maximum absolute atomic E-state index is 13.7. The number of nitro groups is 1. The quantitative estimate of drug-likeness (QED) is 0.382. The Balaban J connectivity index is 1.66. The van der Waals surface area contributed by atoms with E-state index in [0.717, 1.165) is 5.69 Å². The predicted octanol–water partition coefficient (Wildman–Crippen LogP) is 4.01. The average molecular weight is 589 g/mol. The maximum atomic E-state index is 13.7. The summed E-state index contributed by atoms with van der Waals surface area (Å²) < 4.78 is 6.20. The standard InChI is InChI=1S/C26H33BrN6O5/c1-15-11-31(12-16(2)38-15)25(35)20-7-18(27)8-21(33(36)37)23(20)30-22-13-32(14-26(22,3)4)24(34)17-6-19(28-5)10-29-9-17/h6-10,15-16,22,28,30H,11-14H2,1-5H3/t15-,16-,22+/m1/s1. The molecule has 2 aliphatic rings. The molecule has 0 radical (unpaired) electrons. The first-order valence-electron chi connectivity index (χ1n) is 12.5. The Morgan fingerprint density at radius 2 is 1.79 bits per heavy atom. The molecule has 1 aromatic heterocycles. The molecule has 0 bridgehead atoms. The van der Waals surface area contributed by atoms with Crippen molar-refractivity contribution in [2.24, 2.45) is 5.41 Å². The number of rotatable bonds is 6. The van der Waals surface area contributed by atoms with Crippen LogP contribution in [0.3, 0.4) is 0 Å². The highest BCUT2D eigenvalue weighted by molar-refractivity contribution is 9.10. The van der Waals surface area contributed by atoms with Gasteiger partial charge >= 0.3 is 0 Å². The van der Waals surface area contributed by atoms with Crippen LogP contribution in [0, 0.1) is 15.5 Å². The Kier molecular flexibility index (Phi) is 7.93. The number of amides is 2. The number of aromatic nitrogens is 1. The van der Waals surface area contributed by atoms with Gasteiger partial charge in [-0.3, -0.25) is 24.7 Å². The van der Waals surface area contributed by atoms with Gasteiger partial charge in [0.25, 0.3) is 17.5 Å². The fraction of sp³-hybridized carbons (Fsp3) is 0.500. The van der Waals surface area contributed by atoms with Crippen LogP contribution in [0.4, 0.5) is 17.1 Å². The van der Waals surface area contributed by atoms with Crippen LogP contribution in [0.5, 0.6) is 0 Å². The second-order valence-electron chi connectivity index (χ2n) is 10.7. The van der Waals surface area contributed by atoms with E-state index in [2.05, 4.69) is 31.5 Å². The Morgan fingerprint density at radius 3 is 2.42 bits per heavy atom. The van der Waals surface area contributed by atoms with Crippen molar-refractivity contribution in [2.45, 2.75) is 45.9 Å². The molecule has 204 valence electrons. The van der Waals surface area contributed by atoms with Crippen molar-refractivity contribution in [1.29, 1.82) is 0 Å². The van der Waals surface area contributed by atoms with E-state index in [1.54, 1.807) is 35.2 Å². The third-order valence-corrected chi connectivity index (χ3v) is 7.50. The summed E-state index contributed by atoms with van der Waals surface area (Å²) in [5, 5.41) is 18.4. The zero-order valence-electron chi connectivity index (χ0n) is 22.2. The second-order valence-corrected chi connectivity index (χ2v) is 11.6. The summed E-state index contributed by atoms with van der Waals surface area (Å²) in [7, 11) is 1.76. The van der Waals surface area contributed by atoms with Crippen molar-refractivity contribution in [3.63, 3.8) is 0 Å². The molecule has 2 saturated heterocycles. The highest BCUT2D eigenvalue weighted by Crippen LogP contribution is 2.39. The summed E-state index contributed by atoms with van der Waals surface area (Å²) >= 11 is 3.34. The Labute approximate surface area is 230 Å². The van der Waals surface area contributed by atoms with E-state index in [9.17, 15) is 19.7 Å². The summed E-state index contributed by atoms with van der Waals surface area (Å²) in [6.45, 7) is 9.30. The number of carbonyl (C=O) groups excluding carboxylic acids is 2. The minimum atomic E-state index is -0.492. The third-order valence-electron chi connectivity index (χ3n) is 7.04. The molecule has 2 aromatic rings. The van der Waals surface area contributed by atoms with E-state index in [1.807, 2.05) is 27.7 Å². The molecule has 12 heteroatoms. The van der Waals surface area contributed by atoms with Crippen molar-refractivity contribution in [1.82, 2.24) is 14.8 Å². The van der Waals surface area contributed by atoms with Gasteiger partial charge in [-0.05, 0) is 26.0 Å². The fourth-order valence-electron chi connectivity index (χ4n) is 5.15. The van der Waals surface area contributed by atoms with Crippen molar-refractivity contribution >= 4 is 44.8 Å². The van der Waals surface area contributed by atoms with Crippen molar-refractivity contribution < 1.29 is 19.2 Å². The molecule has 2 N–H and O–H groups in total. The van der Waals surface area contributed by atoms with E-state index in [4.69, 9.17) is 4.74 Å². The number of nitrogens with one attached hydrogen (secondary N) is 2. The van der Waals surface area contributed by atoms with Gasteiger partial charge in [0.15, 0.2) is 0 Å². The van der Waals surface area contributed by atoms with Crippen LogP contribution < -0.4 is 10.6 Å². The van der Waals surface area contributed by atoms with Crippen LogP contribution in [0.25, 0.3) is 0 Å². The van der Waals surface area contributed by atoms with Gasteiger partial charge in [-0.25, -0.2) is 0 Å². The minimum Gasteiger partial charge on any atom is -0.387 e. The number of nitro benzene ring substituents is 1. The number of halogens is 1. The zero-order chi connectivity index (χ0) is 27.8. The van der Waals surface area contributed by atoms with E-state index < -0.39 is 10.3 Å². The summed E-state index contributed by atoms with van der Waals surface area (Å²) in [5.41, 5.74) is 0.898. The van der Waals surface area contributed by atoms with Crippen LogP contribution in [0.1, 0.15) is 48.4 Å². The predicted molar refractivity (Wildman–Crippen MR) is 148 cm³/mol. The number of likely N-dealkylation sites (tertiary alicyclic amines) is 1. The van der Waals surface area contributed by atoms with Crippen molar-refractivity contribution in [3.8, 4) is 0 Å². The first-order chi connectivity index (χ1) is 17.9. The molecule has 0 aliphatic carbocycles. The lowest BCUT2D eigenvalue weighted by Crippen LogP contribution is -2.48. The molecule has 0 saturated carbocycles. The molecule has 2 aliphatic heterocycles. The maximum Gasteiger partial charge on any atom is 0.294 e. The lowest BCUT2D eigenvalue weighted by molar-refractivity contribution is -0.384. The van der Waals surface area contributed by atoms with Gasteiger partial charge in [-0.2, -0.15) is 0 Å². The monoisotopic (exact) mass is 588 g/mol. The number of pyridine rings is 1. The Morgan fingerprint density at radius 1 is 1.11 bits per heavy atom. The van der Waals surface area contributed by atoms with Gasteiger partial charge in [0.1, 0.15) is 5.69 Å². The van der Waals surface area contributed by atoms with Gasteiger partial charge < -0.3 is 25.2 Å². The zero-order valence-corrected chi connectivity index (χ0v) is 23.7. The smallest absolute Gasteiger partial charge is 0.294 e. The molecule has 3 heterocycles. The number of ether oxygens (including phenoxy) is 1. The highest BCUT2D eigenvalue weighted by atomic mass is 79.9. The Hall–Kier alpha value is -3.25. The molecule has 38 heavy (non-hydrogen) atoms. The molecule has 0 spiro atoms. The first-order valence-corrected chi connectivity index (χ1v) is 13.3. The van der Waals surface area contributed by atoms with E-state index in [-0.39, 0.29) is 47.0 Å². The molecule has 4 rings (SSSR count). The van der Waals surface area contributed by atoms with Gasteiger partial charge in [-0.1, -0.05) is 29.8 Å². The molecule has 3 atom stereocenters. The Bertz CT molecular complexity index is 1240. The number of hydrogen-bond donors (Lipinski definition) is 2. The SMILES string of the molecule is CNc1cncc(C(=O)N2C[C@H](Nc3c(C(=O)N4C[C@@H](C)O[C@H](C)C4)cc(Br)cc3[N+](=O)[O-])C(C)(C)C2)c1. The van der Waals surface area contributed by atoms with Gasteiger partial charge in [0, 0.05) is 61.6 Å². The normalized spacial score (nSPS) is 22.7. The lowest BCUT2D eigenvalue weighted by atomic mass is 9.87. The van der Waals surface area contributed by atoms with E-state index in [1.165, 1.54) is 12.3 Å². The molecule has 2 fully saturated rings. The summed E-state index contributed by atoms with van der Waals surface area (Å²) in [6.07, 6.45) is 2.87. The van der Waals surface area contributed by atoms with Gasteiger partial charge in [-0.15, -0.1) is 0 Å². The number of anilines is 2. The number of hydrogen-bond acceptors (Lipinski definition) is 8. The van der Waals surface area contributed by atoms with Crippen molar-refractivity contribution in [2.75, 3.05) is 43.9 Å². The van der Waals surface area contributed by atoms with Crippen LogP contribution in [0.15, 0.2) is 35.1 Å². The minimum absolute atomic E-state index is 0.148. The third kappa shape index (κ3) is 5.75. The van der Waals surface area contributed by atoms with Crippen LogP contribution in [0.2, 0.25) is 0 Å². The van der Waals surface area contributed by atoms with Gasteiger partial charge in [0.05, 0.1) is 40.0 Å². The largest absolute Gasteiger partial charge is 0.387 e. The topological polar surface area (TPSA) is 130 Å². The summed E-state index contributed by atoms with van der Waals surface area (Å²) in [6, 6.07) is 4.40. The molecule has 0 unspecified atom stereocenters. The molecule has 11 nitrogen and oxygen atoms in total. The van der Waals surface area contributed by atoms with Crippen molar-refractivity contribution in [3.05, 3.63) is 56.3 Å². The van der Waals surface area contributed by atoms with Crippen LogP contribution >= 0.6 is 15.9 Å². The summed E-state index contributed by atoms with van der Waals surface area (Å²) in [4.78, 5) is 46.1. The summed E-state index contributed by atoms with van der Waals surface area (Å²) in [5.74, 6) is -0.484. The molecule has 2 amide bonds. The number of benzene rings is 1. The lowest BCUT2D eigenvalue weighted by Gasteiger charge is -2.36. The molecular weight excluding hydrogens is 556 g/mol. The average Bonchev–Trinajstić information content (AvgIpc) is 3.16. The number of morpholine rings is 1. The van der Waals surface area contributed by atoms with Gasteiger partial charge in [0.2, 0.25) is 0 Å². The fourth-order valence-corrected chi connectivity index (χ4v) is 5.60. The number of nitrogens with zero attached hydrogens (tertiary/aromatic N) is 4.